The predicted molar refractivity (Wildman–Crippen MR) is 74.4 cm³/mol. The molecule has 4 nitrogen and oxygen atoms in total. The lowest BCUT2D eigenvalue weighted by atomic mass is 9.99. The zero-order chi connectivity index (χ0) is 14.0. The Morgan fingerprint density at radius 2 is 2.21 bits per heavy atom. The molecule has 1 fully saturated rings. The fourth-order valence-corrected chi connectivity index (χ4v) is 2.20. The summed E-state index contributed by atoms with van der Waals surface area (Å²) in [7, 11) is 0. The lowest BCUT2D eigenvalue weighted by Gasteiger charge is -2.27. The van der Waals surface area contributed by atoms with Gasteiger partial charge in [0.25, 0.3) is 0 Å². The molecular weight excluding hydrogens is 240 g/mol. The van der Waals surface area contributed by atoms with E-state index in [-0.39, 0.29) is 11.8 Å². The van der Waals surface area contributed by atoms with Crippen LogP contribution in [0.15, 0.2) is 16.5 Å². The van der Waals surface area contributed by atoms with Gasteiger partial charge in [0, 0.05) is 6.04 Å². The second kappa shape index (κ2) is 5.78. The Morgan fingerprint density at radius 1 is 1.53 bits per heavy atom. The molecule has 1 aromatic heterocycles. The summed E-state index contributed by atoms with van der Waals surface area (Å²) in [6.07, 6.45) is 3.09. The topological polar surface area (TPSA) is 59.5 Å². The van der Waals surface area contributed by atoms with Crippen molar-refractivity contribution in [2.75, 3.05) is 0 Å². The molecule has 1 aliphatic rings. The molecule has 106 valence electrons. The minimum Gasteiger partial charge on any atom is -0.464 e. The number of hydrogen-bond acceptors (Lipinski definition) is 3. The molecule has 1 aromatic rings. The van der Waals surface area contributed by atoms with E-state index >= 15 is 0 Å². The maximum absolute atomic E-state index is 12.5. The standard InChI is InChI=1S/C15H24N2O2/c1-4-10(2)14(16)15(18)17(12-6-7-12)9-13-8-5-11(3)19-13/h5,8,10,12,14H,4,6-7,9,16H2,1-3H3. The van der Waals surface area contributed by atoms with Crippen molar-refractivity contribution in [2.45, 2.75) is 58.7 Å². The van der Waals surface area contributed by atoms with Crippen LogP contribution in [-0.2, 0) is 11.3 Å². The molecule has 2 unspecified atom stereocenters. The Morgan fingerprint density at radius 3 is 2.68 bits per heavy atom. The van der Waals surface area contributed by atoms with Crippen molar-refractivity contribution in [1.82, 2.24) is 4.90 Å². The van der Waals surface area contributed by atoms with Crippen molar-refractivity contribution in [2.24, 2.45) is 11.7 Å². The minimum atomic E-state index is -0.401. The first kappa shape index (κ1) is 14.1. The third-order valence-corrected chi connectivity index (χ3v) is 3.94. The highest BCUT2D eigenvalue weighted by Gasteiger charge is 2.36. The molecule has 0 aromatic carbocycles. The number of furan rings is 1. The van der Waals surface area contributed by atoms with Crippen molar-refractivity contribution in [1.29, 1.82) is 0 Å². The molecule has 1 saturated carbocycles. The van der Waals surface area contributed by atoms with Crippen LogP contribution in [0.4, 0.5) is 0 Å². The highest BCUT2D eigenvalue weighted by atomic mass is 16.3. The number of carbonyl (C=O) groups is 1. The van der Waals surface area contributed by atoms with Crippen LogP contribution in [0.1, 0.15) is 44.6 Å². The molecule has 0 aliphatic heterocycles. The minimum absolute atomic E-state index is 0.0610. The lowest BCUT2D eigenvalue weighted by molar-refractivity contribution is -0.135. The molecule has 2 rings (SSSR count). The van der Waals surface area contributed by atoms with Crippen LogP contribution in [0.3, 0.4) is 0 Å². The van der Waals surface area contributed by atoms with E-state index in [1.165, 1.54) is 0 Å². The summed E-state index contributed by atoms with van der Waals surface area (Å²) in [5, 5.41) is 0. The first-order valence-corrected chi connectivity index (χ1v) is 7.14. The Kier molecular flexibility index (Phi) is 4.30. The second-order valence-corrected chi connectivity index (χ2v) is 5.62. The number of hydrogen-bond donors (Lipinski definition) is 1. The van der Waals surface area contributed by atoms with Gasteiger partial charge in [0.1, 0.15) is 11.5 Å². The Bertz CT molecular complexity index is 437. The molecule has 1 heterocycles. The first-order chi connectivity index (χ1) is 9.02. The van der Waals surface area contributed by atoms with E-state index < -0.39 is 6.04 Å². The van der Waals surface area contributed by atoms with Crippen molar-refractivity contribution in [3.8, 4) is 0 Å². The third kappa shape index (κ3) is 3.38. The summed E-state index contributed by atoms with van der Waals surface area (Å²) in [6, 6.07) is 3.82. The fourth-order valence-electron chi connectivity index (χ4n) is 2.20. The number of carbonyl (C=O) groups excluding carboxylic acids is 1. The molecule has 0 spiro atoms. The van der Waals surface area contributed by atoms with E-state index in [1.807, 2.05) is 30.9 Å². The monoisotopic (exact) mass is 264 g/mol. The number of amides is 1. The van der Waals surface area contributed by atoms with Crippen molar-refractivity contribution in [3.05, 3.63) is 23.7 Å². The van der Waals surface area contributed by atoms with E-state index in [4.69, 9.17) is 10.2 Å². The molecule has 4 heteroatoms. The first-order valence-electron chi connectivity index (χ1n) is 7.14. The van der Waals surface area contributed by atoms with Crippen molar-refractivity contribution in [3.63, 3.8) is 0 Å². The highest BCUT2D eigenvalue weighted by Crippen LogP contribution is 2.30. The number of rotatable bonds is 6. The molecule has 0 radical (unpaired) electrons. The zero-order valence-electron chi connectivity index (χ0n) is 12.1. The maximum atomic E-state index is 12.5. The lowest BCUT2D eigenvalue weighted by Crippen LogP contribution is -2.47. The largest absolute Gasteiger partial charge is 0.464 e. The van der Waals surface area contributed by atoms with Gasteiger partial charge >= 0.3 is 0 Å². The molecule has 2 N–H and O–H groups in total. The van der Waals surface area contributed by atoms with Gasteiger partial charge in [0.15, 0.2) is 0 Å². The van der Waals surface area contributed by atoms with Crippen LogP contribution in [0.5, 0.6) is 0 Å². The van der Waals surface area contributed by atoms with Crippen LogP contribution in [0.2, 0.25) is 0 Å². The van der Waals surface area contributed by atoms with Crippen LogP contribution in [0.25, 0.3) is 0 Å². The van der Waals surface area contributed by atoms with E-state index in [1.54, 1.807) is 0 Å². The summed E-state index contributed by atoms with van der Waals surface area (Å²) >= 11 is 0. The smallest absolute Gasteiger partial charge is 0.240 e. The Balaban J connectivity index is 2.05. The molecular formula is C15H24N2O2. The van der Waals surface area contributed by atoms with E-state index in [2.05, 4.69) is 6.92 Å². The van der Waals surface area contributed by atoms with E-state index in [9.17, 15) is 4.79 Å². The second-order valence-electron chi connectivity index (χ2n) is 5.62. The molecule has 1 aliphatic carbocycles. The van der Waals surface area contributed by atoms with E-state index in [0.717, 1.165) is 30.8 Å². The molecule has 1 amide bonds. The highest BCUT2D eigenvalue weighted by molar-refractivity contribution is 5.82. The molecule has 0 saturated heterocycles. The molecule has 2 atom stereocenters. The molecule has 19 heavy (non-hydrogen) atoms. The van der Waals surface area contributed by atoms with Crippen LogP contribution in [0, 0.1) is 12.8 Å². The van der Waals surface area contributed by atoms with Gasteiger partial charge in [0.2, 0.25) is 5.91 Å². The van der Waals surface area contributed by atoms with Crippen molar-refractivity contribution >= 4 is 5.91 Å². The van der Waals surface area contributed by atoms with E-state index in [0.29, 0.717) is 12.6 Å². The zero-order valence-corrected chi connectivity index (χ0v) is 12.1. The molecule has 0 bridgehead atoms. The van der Waals surface area contributed by atoms with Gasteiger partial charge in [-0.1, -0.05) is 20.3 Å². The average Bonchev–Trinajstić information content (AvgIpc) is 3.16. The number of aryl methyl sites for hydroxylation is 1. The Labute approximate surface area is 114 Å². The third-order valence-electron chi connectivity index (χ3n) is 3.94. The summed E-state index contributed by atoms with van der Waals surface area (Å²) in [5.74, 6) is 2.00. The van der Waals surface area contributed by atoms with Crippen LogP contribution >= 0.6 is 0 Å². The summed E-state index contributed by atoms with van der Waals surface area (Å²) < 4.78 is 5.57. The van der Waals surface area contributed by atoms with Gasteiger partial charge in [-0.25, -0.2) is 0 Å². The summed E-state index contributed by atoms with van der Waals surface area (Å²) in [6.45, 7) is 6.55. The van der Waals surface area contributed by atoms with Gasteiger partial charge in [-0.3, -0.25) is 4.79 Å². The van der Waals surface area contributed by atoms with Gasteiger partial charge in [0.05, 0.1) is 12.6 Å². The normalized spacial score (nSPS) is 18.1. The maximum Gasteiger partial charge on any atom is 0.240 e. The summed E-state index contributed by atoms with van der Waals surface area (Å²) in [5.41, 5.74) is 6.07. The average molecular weight is 264 g/mol. The number of nitrogens with zero attached hydrogens (tertiary/aromatic N) is 1. The van der Waals surface area contributed by atoms with Gasteiger partial charge in [-0.05, 0) is 37.8 Å². The number of nitrogens with two attached hydrogens (primary N) is 1. The Hall–Kier alpha value is -1.29. The summed E-state index contributed by atoms with van der Waals surface area (Å²) in [4.78, 5) is 14.4. The predicted octanol–water partition coefficient (Wildman–Crippen LogP) is 2.45. The van der Waals surface area contributed by atoms with Gasteiger partial charge < -0.3 is 15.1 Å². The van der Waals surface area contributed by atoms with Gasteiger partial charge in [-0.2, -0.15) is 0 Å². The SMILES string of the molecule is CCC(C)C(N)C(=O)N(Cc1ccc(C)o1)C1CC1. The quantitative estimate of drug-likeness (QED) is 0.858. The fraction of sp³-hybridized carbons (Fsp3) is 0.667. The van der Waals surface area contributed by atoms with Crippen molar-refractivity contribution < 1.29 is 9.21 Å². The van der Waals surface area contributed by atoms with Gasteiger partial charge in [-0.15, -0.1) is 0 Å². The van der Waals surface area contributed by atoms with Crippen LogP contribution < -0.4 is 5.73 Å². The van der Waals surface area contributed by atoms with Crippen LogP contribution in [-0.4, -0.2) is 22.9 Å².